The minimum Gasteiger partial charge on any atom is -0.476 e. The molecule has 16 heavy (non-hydrogen) atoms. The molecule has 5 heteroatoms. The fraction of sp³-hybridized carbons (Fsp3) is 0.545. The quantitative estimate of drug-likeness (QED) is 0.688. The van der Waals surface area contributed by atoms with Crippen molar-refractivity contribution in [2.45, 2.75) is 13.3 Å². The van der Waals surface area contributed by atoms with E-state index < -0.39 is 0 Å². The van der Waals surface area contributed by atoms with E-state index in [9.17, 15) is 0 Å². The van der Waals surface area contributed by atoms with Crippen LogP contribution in [0, 0.1) is 0 Å². The first kappa shape index (κ1) is 12.6. The zero-order valence-corrected chi connectivity index (χ0v) is 9.82. The molecule has 1 heterocycles. The monoisotopic (exact) mass is 225 g/mol. The summed E-state index contributed by atoms with van der Waals surface area (Å²) >= 11 is 0. The van der Waals surface area contributed by atoms with Gasteiger partial charge in [0, 0.05) is 20.3 Å². The highest BCUT2D eigenvalue weighted by Gasteiger charge is 2.02. The lowest BCUT2D eigenvalue weighted by atomic mass is 10.4. The Labute approximate surface area is 96.0 Å². The Morgan fingerprint density at radius 1 is 1.44 bits per heavy atom. The summed E-state index contributed by atoms with van der Waals surface area (Å²) in [6, 6.07) is 3.63. The Bertz CT molecular complexity index is 318. The summed E-state index contributed by atoms with van der Waals surface area (Å²) in [5.74, 6) is 1.26. The molecule has 1 aromatic rings. The number of pyridine rings is 1. The molecule has 0 fully saturated rings. The zero-order chi connectivity index (χ0) is 11.8. The molecule has 1 rings (SSSR count). The van der Waals surface area contributed by atoms with E-state index in [1.165, 1.54) is 0 Å². The standard InChI is InChI=1S/C11H19N3O2/c1-3-16-11-9(12)5-6-10(14-11)13-7-4-8-15-2/h5-6H,3-4,7-8,12H2,1-2H3,(H,13,14). The summed E-state index contributed by atoms with van der Waals surface area (Å²) in [6.45, 7) is 4.01. The lowest BCUT2D eigenvalue weighted by molar-refractivity contribution is 0.197. The topological polar surface area (TPSA) is 69.4 Å². The van der Waals surface area contributed by atoms with Gasteiger partial charge in [-0.3, -0.25) is 0 Å². The molecule has 0 atom stereocenters. The highest BCUT2D eigenvalue weighted by molar-refractivity contribution is 5.53. The highest BCUT2D eigenvalue weighted by atomic mass is 16.5. The number of aromatic nitrogens is 1. The van der Waals surface area contributed by atoms with Crippen molar-refractivity contribution in [2.24, 2.45) is 0 Å². The maximum atomic E-state index is 5.72. The lowest BCUT2D eigenvalue weighted by Gasteiger charge is -2.09. The van der Waals surface area contributed by atoms with Crippen LogP contribution in [-0.2, 0) is 4.74 Å². The smallest absolute Gasteiger partial charge is 0.239 e. The molecule has 5 nitrogen and oxygen atoms in total. The minimum absolute atomic E-state index is 0.485. The number of nitrogens with zero attached hydrogens (tertiary/aromatic N) is 1. The van der Waals surface area contributed by atoms with Crippen LogP contribution in [0.1, 0.15) is 13.3 Å². The van der Waals surface area contributed by atoms with E-state index in [1.54, 1.807) is 13.2 Å². The number of rotatable bonds is 7. The molecule has 0 unspecified atom stereocenters. The molecule has 0 saturated carbocycles. The van der Waals surface area contributed by atoms with Crippen LogP contribution in [0.15, 0.2) is 12.1 Å². The Morgan fingerprint density at radius 3 is 2.94 bits per heavy atom. The van der Waals surface area contributed by atoms with Gasteiger partial charge in [-0.25, -0.2) is 0 Å². The van der Waals surface area contributed by atoms with Crippen molar-refractivity contribution in [3.8, 4) is 5.88 Å². The van der Waals surface area contributed by atoms with Crippen molar-refractivity contribution in [1.82, 2.24) is 4.98 Å². The number of methoxy groups -OCH3 is 1. The number of nitrogen functional groups attached to an aromatic ring is 1. The van der Waals surface area contributed by atoms with Crippen molar-refractivity contribution in [3.63, 3.8) is 0 Å². The molecule has 0 spiro atoms. The predicted molar refractivity (Wildman–Crippen MR) is 64.8 cm³/mol. The van der Waals surface area contributed by atoms with Crippen LogP contribution in [0.3, 0.4) is 0 Å². The van der Waals surface area contributed by atoms with Gasteiger partial charge in [-0.05, 0) is 25.5 Å². The summed E-state index contributed by atoms with van der Waals surface area (Å²) in [5, 5.41) is 3.18. The van der Waals surface area contributed by atoms with Crippen molar-refractivity contribution in [1.29, 1.82) is 0 Å². The van der Waals surface area contributed by atoms with E-state index >= 15 is 0 Å². The molecule has 0 aromatic carbocycles. The van der Waals surface area contributed by atoms with E-state index in [4.69, 9.17) is 15.2 Å². The molecule has 90 valence electrons. The number of nitrogens with one attached hydrogen (secondary N) is 1. The second-order valence-corrected chi connectivity index (χ2v) is 3.30. The van der Waals surface area contributed by atoms with Crippen molar-refractivity contribution >= 4 is 11.5 Å². The van der Waals surface area contributed by atoms with Gasteiger partial charge in [0.05, 0.1) is 12.3 Å². The van der Waals surface area contributed by atoms with Gasteiger partial charge in [0.25, 0.3) is 0 Å². The first-order chi connectivity index (χ1) is 7.77. The number of anilines is 2. The van der Waals surface area contributed by atoms with Crippen molar-refractivity contribution in [2.75, 3.05) is 37.9 Å². The molecule has 0 radical (unpaired) electrons. The normalized spacial score (nSPS) is 10.1. The van der Waals surface area contributed by atoms with Gasteiger partial charge in [-0.15, -0.1) is 0 Å². The van der Waals surface area contributed by atoms with E-state index in [0.717, 1.165) is 25.4 Å². The molecule has 0 amide bonds. The first-order valence-electron chi connectivity index (χ1n) is 5.40. The summed E-state index contributed by atoms with van der Waals surface area (Å²) in [4.78, 5) is 4.26. The van der Waals surface area contributed by atoms with Crippen LogP contribution >= 0.6 is 0 Å². The van der Waals surface area contributed by atoms with Crippen LogP contribution in [0.4, 0.5) is 11.5 Å². The number of nitrogens with two attached hydrogens (primary N) is 1. The third kappa shape index (κ3) is 3.94. The SMILES string of the molecule is CCOc1nc(NCCCOC)ccc1N. The summed E-state index contributed by atoms with van der Waals surface area (Å²) in [6.07, 6.45) is 0.937. The van der Waals surface area contributed by atoms with Gasteiger partial charge < -0.3 is 20.5 Å². The maximum absolute atomic E-state index is 5.72. The third-order valence-corrected chi connectivity index (χ3v) is 2.00. The highest BCUT2D eigenvalue weighted by Crippen LogP contribution is 2.20. The van der Waals surface area contributed by atoms with Gasteiger partial charge in [0.1, 0.15) is 5.82 Å². The molecule has 3 N–H and O–H groups in total. The Kier molecular flexibility index (Phi) is 5.42. The van der Waals surface area contributed by atoms with Gasteiger partial charge in [0.15, 0.2) is 0 Å². The molecular formula is C11H19N3O2. The van der Waals surface area contributed by atoms with Gasteiger partial charge in [-0.2, -0.15) is 4.98 Å². The summed E-state index contributed by atoms with van der Waals surface area (Å²) < 4.78 is 10.3. The fourth-order valence-corrected chi connectivity index (χ4v) is 1.23. The number of hydrogen-bond acceptors (Lipinski definition) is 5. The van der Waals surface area contributed by atoms with Crippen LogP contribution in [0.2, 0.25) is 0 Å². The van der Waals surface area contributed by atoms with Crippen LogP contribution in [0.5, 0.6) is 5.88 Å². The Morgan fingerprint density at radius 2 is 2.25 bits per heavy atom. The molecule has 0 bridgehead atoms. The average molecular weight is 225 g/mol. The van der Waals surface area contributed by atoms with Gasteiger partial charge in [-0.1, -0.05) is 0 Å². The van der Waals surface area contributed by atoms with Gasteiger partial charge >= 0.3 is 0 Å². The molecule has 0 saturated heterocycles. The van der Waals surface area contributed by atoms with Crippen LogP contribution < -0.4 is 15.8 Å². The predicted octanol–water partition coefficient (Wildman–Crippen LogP) is 1.51. The molecule has 1 aromatic heterocycles. The van der Waals surface area contributed by atoms with E-state index in [0.29, 0.717) is 18.2 Å². The third-order valence-electron chi connectivity index (χ3n) is 2.00. The number of ether oxygens (including phenoxy) is 2. The van der Waals surface area contributed by atoms with Crippen molar-refractivity contribution < 1.29 is 9.47 Å². The Balaban J connectivity index is 2.50. The minimum atomic E-state index is 0.485. The van der Waals surface area contributed by atoms with Crippen LogP contribution in [-0.4, -0.2) is 31.9 Å². The summed E-state index contributed by atoms with van der Waals surface area (Å²) in [7, 11) is 1.69. The molecular weight excluding hydrogens is 206 g/mol. The van der Waals surface area contributed by atoms with Crippen LogP contribution in [0.25, 0.3) is 0 Å². The molecule has 0 aliphatic rings. The van der Waals surface area contributed by atoms with E-state index in [2.05, 4.69) is 10.3 Å². The summed E-state index contributed by atoms with van der Waals surface area (Å²) in [5.41, 5.74) is 6.28. The van der Waals surface area contributed by atoms with Crippen molar-refractivity contribution in [3.05, 3.63) is 12.1 Å². The maximum Gasteiger partial charge on any atom is 0.239 e. The second kappa shape index (κ2) is 6.90. The van der Waals surface area contributed by atoms with E-state index in [-0.39, 0.29) is 0 Å². The first-order valence-corrected chi connectivity index (χ1v) is 5.40. The molecule has 0 aliphatic carbocycles. The largest absolute Gasteiger partial charge is 0.476 e. The average Bonchev–Trinajstić information content (AvgIpc) is 2.29. The lowest BCUT2D eigenvalue weighted by Crippen LogP contribution is -2.07. The van der Waals surface area contributed by atoms with Gasteiger partial charge in [0.2, 0.25) is 5.88 Å². The Hall–Kier alpha value is -1.49. The second-order valence-electron chi connectivity index (χ2n) is 3.30. The fourth-order valence-electron chi connectivity index (χ4n) is 1.23. The number of hydrogen-bond donors (Lipinski definition) is 2. The van der Waals surface area contributed by atoms with E-state index in [1.807, 2.05) is 13.0 Å². The molecule has 0 aliphatic heterocycles. The zero-order valence-electron chi connectivity index (χ0n) is 9.82.